The summed E-state index contributed by atoms with van der Waals surface area (Å²) in [5.74, 6) is 0. The number of aliphatic hydroxyl groups excluding tert-OH is 1. The molecule has 0 radical (unpaired) electrons. The molecular weight excluding hydrogens is 180 g/mol. The fourth-order valence-electron chi connectivity index (χ4n) is 0.547. The Bertz CT molecular complexity index is 141. The normalized spacial score (nSPS) is 14.9. The van der Waals surface area contributed by atoms with Crippen LogP contribution in [0.15, 0.2) is 12.2 Å². The second-order valence-corrected chi connectivity index (χ2v) is 1.92. The standard InChI is InChI=1S/C5H8F4N2O/c6-10(7)4-5(11(8)9)2-1-3-12/h1-2,5,12H,3-4H2. The van der Waals surface area contributed by atoms with Gasteiger partial charge in [-0.1, -0.05) is 12.2 Å². The van der Waals surface area contributed by atoms with Gasteiger partial charge in [-0.05, 0) is 0 Å². The first-order valence-electron chi connectivity index (χ1n) is 3.05. The Morgan fingerprint density at radius 1 is 1.25 bits per heavy atom. The molecule has 0 saturated heterocycles. The lowest BCUT2D eigenvalue weighted by molar-refractivity contribution is -0.219. The highest BCUT2D eigenvalue weighted by atomic mass is 19.4. The number of hydrogen-bond acceptors (Lipinski definition) is 3. The van der Waals surface area contributed by atoms with Gasteiger partial charge in [0.25, 0.3) is 0 Å². The van der Waals surface area contributed by atoms with E-state index in [0.29, 0.717) is 0 Å². The van der Waals surface area contributed by atoms with Crippen LogP contribution in [0.5, 0.6) is 0 Å². The van der Waals surface area contributed by atoms with E-state index >= 15 is 0 Å². The van der Waals surface area contributed by atoms with Crippen LogP contribution < -0.4 is 0 Å². The van der Waals surface area contributed by atoms with Crippen LogP contribution in [0, 0.1) is 0 Å². The lowest BCUT2D eigenvalue weighted by Gasteiger charge is -2.11. The minimum absolute atomic E-state index is 0.455. The summed E-state index contributed by atoms with van der Waals surface area (Å²) >= 11 is 0. The summed E-state index contributed by atoms with van der Waals surface area (Å²) in [5.41, 5.74) is 0. The van der Waals surface area contributed by atoms with E-state index in [1.165, 1.54) is 0 Å². The third-order valence-corrected chi connectivity index (χ3v) is 1.04. The maximum Gasteiger partial charge on any atom is 0.109 e. The van der Waals surface area contributed by atoms with E-state index in [4.69, 9.17) is 5.11 Å². The van der Waals surface area contributed by atoms with E-state index in [1.54, 1.807) is 0 Å². The van der Waals surface area contributed by atoms with Crippen LogP contribution in [-0.2, 0) is 0 Å². The van der Waals surface area contributed by atoms with Crippen molar-refractivity contribution in [1.82, 2.24) is 10.7 Å². The van der Waals surface area contributed by atoms with Gasteiger partial charge in [-0.3, -0.25) is 0 Å². The second-order valence-electron chi connectivity index (χ2n) is 1.92. The zero-order chi connectivity index (χ0) is 9.56. The molecule has 0 aromatic heterocycles. The molecule has 1 atom stereocenters. The SMILES string of the molecule is OCC=CC(CN(F)F)N(F)F. The predicted octanol–water partition coefficient (Wildman–Crippen LogP) is 1.05. The van der Waals surface area contributed by atoms with Crippen molar-refractivity contribution < 1.29 is 23.0 Å². The van der Waals surface area contributed by atoms with Gasteiger partial charge in [-0.15, -0.1) is 17.9 Å². The van der Waals surface area contributed by atoms with Crippen molar-refractivity contribution in [3.8, 4) is 0 Å². The zero-order valence-corrected chi connectivity index (χ0v) is 6.00. The Hall–Kier alpha value is -0.660. The number of halogens is 4. The van der Waals surface area contributed by atoms with Gasteiger partial charge >= 0.3 is 0 Å². The Morgan fingerprint density at radius 3 is 2.17 bits per heavy atom. The van der Waals surface area contributed by atoms with Crippen LogP contribution in [0.2, 0.25) is 0 Å². The van der Waals surface area contributed by atoms with Gasteiger partial charge in [0, 0.05) is 10.7 Å². The van der Waals surface area contributed by atoms with Gasteiger partial charge in [-0.2, -0.15) is 0 Å². The van der Waals surface area contributed by atoms with Crippen molar-refractivity contribution in [3.63, 3.8) is 0 Å². The summed E-state index contributed by atoms with van der Waals surface area (Å²) in [6.07, 6.45) is 1.77. The molecule has 0 amide bonds. The van der Waals surface area contributed by atoms with Gasteiger partial charge in [0.2, 0.25) is 0 Å². The van der Waals surface area contributed by atoms with E-state index in [2.05, 4.69) is 0 Å². The van der Waals surface area contributed by atoms with E-state index in [9.17, 15) is 17.9 Å². The first-order chi connectivity index (χ1) is 5.57. The topological polar surface area (TPSA) is 26.7 Å². The monoisotopic (exact) mass is 188 g/mol. The number of nitrogens with zero attached hydrogens (tertiary/aromatic N) is 2. The molecule has 0 aliphatic rings. The minimum Gasteiger partial charge on any atom is -0.392 e. The molecule has 1 unspecified atom stereocenters. The molecule has 0 fully saturated rings. The highest BCUT2D eigenvalue weighted by Gasteiger charge is 2.18. The fraction of sp³-hybridized carbons (Fsp3) is 0.600. The molecule has 0 saturated carbocycles. The number of rotatable bonds is 5. The summed E-state index contributed by atoms with van der Waals surface area (Å²) in [7, 11) is 0. The lowest BCUT2D eigenvalue weighted by atomic mass is 10.3. The zero-order valence-electron chi connectivity index (χ0n) is 6.00. The van der Waals surface area contributed by atoms with Crippen LogP contribution in [0.1, 0.15) is 0 Å². The maximum atomic E-state index is 11.7. The highest BCUT2D eigenvalue weighted by Crippen LogP contribution is 2.06. The average Bonchev–Trinajstić information content (AvgIpc) is 1.96. The summed E-state index contributed by atoms with van der Waals surface area (Å²) in [5, 5.41) is 5.48. The van der Waals surface area contributed by atoms with Gasteiger partial charge in [0.1, 0.15) is 6.04 Å². The number of hydrogen-bond donors (Lipinski definition) is 1. The summed E-state index contributed by atoms with van der Waals surface area (Å²) in [6.45, 7) is -1.56. The molecule has 0 bridgehead atoms. The third-order valence-electron chi connectivity index (χ3n) is 1.04. The first-order valence-corrected chi connectivity index (χ1v) is 3.05. The second kappa shape index (κ2) is 5.92. The van der Waals surface area contributed by atoms with Crippen molar-refractivity contribution in [3.05, 3.63) is 12.2 Å². The summed E-state index contributed by atoms with van der Waals surface area (Å²) in [6, 6.07) is -1.70. The van der Waals surface area contributed by atoms with Crippen molar-refractivity contribution in [2.75, 3.05) is 13.2 Å². The Morgan fingerprint density at radius 2 is 1.83 bits per heavy atom. The Kier molecular flexibility index (Phi) is 5.60. The highest BCUT2D eigenvalue weighted by molar-refractivity contribution is 4.91. The Labute approximate surface area is 66.2 Å². The van der Waals surface area contributed by atoms with Crippen LogP contribution in [0.4, 0.5) is 17.9 Å². The predicted molar refractivity (Wildman–Crippen MR) is 33.0 cm³/mol. The summed E-state index contributed by atoms with van der Waals surface area (Å²) in [4.78, 5) is 0. The molecular formula is C5H8F4N2O. The molecule has 12 heavy (non-hydrogen) atoms. The quantitative estimate of drug-likeness (QED) is 0.397. The molecule has 72 valence electrons. The largest absolute Gasteiger partial charge is 0.392 e. The Balaban J connectivity index is 3.95. The summed E-state index contributed by atoms with van der Waals surface area (Å²) < 4.78 is 46.3. The van der Waals surface area contributed by atoms with Crippen LogP contribution in [0.25, 0.3) is 0 Å². The van der Waals surface area contributed by atoms with Gasteiger partial charge in [0.15, 0.2) is 0 Å². The first kappa shape index (κ1) is 11.3. The minimum atomic E-state index is -1.70. The van der Waals surface area contributed by atoms with E-state index < -0.39 is 29.9 Å². The third kappa shape index (κ3) is 5.05. The smallest absolute Gasteiger partial charge is 0.109 e. The van der Waals surface area contributed by atoms with E-state index in [1.807, 2.05) is 0 Å². The molecule has 1 N–H and O–H groups in total. The molecule has 0 spiro atoms. The molecule has 0 aromatic carbocycles. The van der Waals surface area contributed by atoms with E-state index in [-0.39, 0.29) is 0 Å². The van der Waals surface area contributed by atoms with Gasteiger partial charge in [0.05, 0.1) is 13.2 Å². The molecule has 3 nitrogen and oxygen atoms in total. The van der Waals surface area contributed by atoms with Crippen LogP contribution >= 0.6 is 0 Å². The molecule has 0 aromatic rings. The maximum absolute atomic E-state index is 11.7. The average molecular weight is 188 g/mol. The van der Waals surface area contributed by atoms with Crippen molar-refractivity contribution >= 4 is 0 Å². The molecule has 0 aliphatic carbocycles. The fourth-order valence-corrected chi connectivity index (χ4v) is 0.547. The van der Waals surface area contributed by atoms with E-state index in [0.717, 1.165) is 12.2 Å². The molecule has 7 heteroatoms. The van der Waals surface area contributed by atoms with Crippen molar-refractivity contribution in [1.29, 1.82) is 0 Å². The van der Waals surface area contributed by atoms with Gasteiger partial charge < -0.3 is 5.11 Å². The van der Waals surface area contributed by atoms with Gasteiger partial charge in [-0.25, -0.2) is 0 Å². The van der Waals surface area contributed by atoms with Crippen LogP contribution in [-0.4, -0.2) is 35.0 Å². The molecule has 0 aliphatic heterocycles. The number of aliphatic hydroxyl groups is 1. The van der Waals surface area contributed by atoms with Crippen LogP contribution in [0.3, 0.4) is 0 Å². The van der Waals surface area contributed by atoms with Crippen molar-refractivity contribution in [2.24, 2.45) is 0 Å². The van der Waals surface area contributed by atoms with Crippen molar-refractivity contribution in [2.45, 2.75) is 6.04 Å². The molecule has 0 heterocycles. The lowest BCUT2D eigenvalue weighted by Crippen LogP contribution is -2.28. The molecule has 0 rings (SSSR count).